The largest absolute Gasteiger partial charge is 0.469 e. The van der Waals surface area contributed by atoms with Crippen molar-refractivity contribution < 1.29 is 19.1 Å². The van der Waals surface area contributed by atoms with Crippen LogP contribution in [-0.4, -0.2) is 49.2 Å². The average molecular weight is 283 g/mol. The maximum absolute atomic E-state index is 12.6. The van der Waals surface area contributed by atoms with E-state index in [2.05, 4.69) is 6.92 Å². The summed E-state index contributed by atoms with van der Waals surface area (Å²) < 4.78 is 10.5. The number of hydrogen-bond donors (Lipinski definition) is 0. The summed E-state index contributed by atoms with van der Waals surface area (Å²) in [6.07, 6.45) is 1.51. The number of methoxy groups -OCH3 is 1. The van der Waals surface area contributed by atoms with Crippen molar-refractivity contribution in [3.8, 4) is 0 Å². The molecule has 0 bridgehead atoms. The number of rotatable bonds is 2. The maximum Gasteiger partial charge on any atom is 0.308 e. The molecule has 2 fully saturated rings. The molecule has 0 saturated carbocycles. The molecule has 2 heterocycles. The molecule has 4 atom stereocenters. The summed E-state index contributed by atoms with van der Waals surface area (Å²) in [7, 11) is 1.42. The number of carbonyl (C=O) groups excluding carboxylic acids is 2. The number of esters is 1. The monoisotopic (exact) mass is 283 g/mol. The number of hydrogen-bond acceptors (Lipinski definition) is 4. The zero-order chi connectivity index (χ0) is 14.9. The van der Waals surface area contributed by atoms with Crippen LogP contribution in [0.15, 0.2) is 0 Å². The number of nitrogens with zero attached hydrogens (tertiary/aromatic N) is 1. The SMILES string of the molecule is COC(=O)C1CCN(C(=O)C2C(C)OC(C)C2C)CC1. The van der Waals surface area contributed by atoms with Gasteiger partial charge in [-0.05, 0) is 32.6 Å². The average Bonchev–Trinajstić information content (AvgIpc) is 2.71. The van der Waals surface area contributed by atoms with Gasteiger partial charge >= 0.3 is 5.97 Å². The van der Waals surface area contributed by atoms with Crippen LogP contribution in [0.25, 0.3) is 0 Å². The molecule has 2 rings (SSSR count). The fraction of sp³-hybridized carbons (Fsp3) is 0.867. The molecule has 20 heavy (non-hydrogen) atoms. The van der Waals surface area contributed by atoms with Crippen molar-refractivity contribution in [3.63, 3.8) is 0 Å². The van der Waals surface area contributed by atoms with E-state index in [1.165, 1.54) is 7.11 Å². The molecule has 2 aliphatic rings. The standard InChI is InChI=1S/C15H25NO4/c1-9-10(2)20-11(3)13(9)14(17)16-7-5-12(6-8-16)15(18)19-4/h9-13H,5-8H2,1-4H3. The van der Waals surface area contributed by atoms with E-state index in [-0.39, 0.29) is 41.8 Å². The fourth-order valence-electron chi connectivity index (χ4n) is 3.41. The topological polar surface area (TPSA) is 55.8 Å². The van der Waals surface area contributed by atoms with Crippen LogP contribution >= 0.6 is 0 Å². The Kier molecular flexibility index (Phi) is 4.68. The van der Waals surface area contributed by atoms with Crippen LogP contribution in [0.5, 0.6) is 0 Å². The van der Waals surface area contributed by atoms with E-state index in [4.69, 9.17) is 9.47 Å². The molecule has 0 aromatic heterocycles. The highest BCUT2D eigenvalue weighted by Gasteiger charge is 2.44. The van der Waals surface area contributed by atoms with Gasteiger partial charge in [0.25, 0.3) is 0 Å². The number of likely N-dealkylation sites (tertiary alicyclic amines) is 1. The lowest BCUT2D eigenvalue weighted by Gasteiger charge is -2.34. The van der Waals surface area contributed by atoms with Crippen molar-refractivity contribution in [3.05, 3.63) is 0 Å². The van der Waals surface area contributed by atoms with Gasteiger partial charge in [-0.3, -0.25) is 9.59 Å². The first-order valence-corrected chi connectivity index (χ1v) is 7.47. The first-order valence-electron chi connectivity index (χ1n) is 7.47. The molecule has 0 aromatic rings. The predicted molar refractivity (Wildman–Crippen MR) is 74.0 cm³/mol. The predicted octanol–water partition coefficient (Wildman–Crippen LogP) is 1.46. The molecule has 2 saturated heterocycles. The summed E-state index contributed by atoms with van der Waals surface area (Å²) in [6, 6.07) is 0. The highest BCUT2D eigenvalue weighted by atomic mass is 16.5. The van der Waals surface area contributed by atoms with E-state index in [0.29, 0.717) is 25.9 Å². The third kappa shape index (κ3) is 2.82. The van der Waals surface area contributed by atoms with Gasteiger partial charge in [-0.25, -0.2) is 0 Å². The fourth-order valence-corrected chi connectivity index (χ4v) is 3.41. The minimum absolute atomic E-state index is 0.0224. The van der Waals surface area contributed by atoms with Gasteiger partial charge in [-0.2, -0.15) is 0 Å². The summed E-state index contributed by atoms with van der Waals surface area (Å²) in [6.45, 7) is 7.37. The summed E-state index contributed by atoms with van der Waals surface area (Å²) in [5.74, 6) is 0.155. The van der Waals surface area contributed by atoms with Crippen molar-refractivity contribution in [1.29, 1.82) is 0 Å². The highest BCUT2D eigenvalue weighted by molar-refractivity contribution is 5.80. The second-order valence-electron chi connectivity index (χ2n) is 6.05. The van der Waals surface area contributed by atoms with E-state index in [1.54, 1.807) is 0 Å². The van der Waals surface area contributed by atoms with Crippen LogP contribution in [0.1, 0.15) is 33.6 Å². The lowest BCUT2D eigenvalue weighted by molar-refractivity contribution is -0.150. The number of ether oxygens (including phenoxy) is 2. The minimum atomic E-state index is -0.156. The lowest BCUT2D eigenvalue weighted by Crippen LogP contribution is -2.46. The van der Waals surface area contributed by atoms with Crippen molar-refractivity contribution in [2.75, 3.05) is 20.2 Å². The van der Waals surface area contributed by atoms with E-state index in [0.717, 1.165) is 0 Å². The van der Waals surface area contributed by atoms with Gasteiger partial charge in [-0.1, -0.05) is 6.92 Å². The van der Waals surface area contributed by atoms with Gasteiger partial charge < -0.3 is 14.4 Å². The Bertz CT molecular complexity index is 376. The van der Waals surface area contributed by atoms with Gasteiger partial charge in [-0.15, -0.1) is 0 Å². The molecular formula is C15H25NO4. The van der Waals surface area contributed by atoms with E-state index < -0.39 is 0 Å². The molecule has 0 radical (unpaired) electrons. The third-order valence-electron chi connectivity index (χ3n) is 4.87. The summed E-state index contributed by atoms with van der Waals surface area (Å²) in [5, 5.41) is 0. The molecule has 4 unspecified atom stereocenters. The van der Waals surface area contributed by atoms with Crippen molar-refractivity contribution >= 4 is 11.9 Å². The Hall–Kier alpha value is -1.10. The number of carbonyl (C=O) groups is 2. The molecule has 0 N–H and O–H groups in total. The smallest absolute Gasteiger partial charge is 0.308 e. The van der Waals surface area contributed by atoms with Gasteiger partial charge in [0.1, 0.15) is 0 Å². The van der Waals surface area contributed by atoms with Crippen molar-refractivity contribution in [1.82, 2.24) is 4.90 Å². The third-order valence-corrected chi connectivity index (χ3v) is 4.87. The van der Waals surface area contributed by atoms with E-state index in [1.807, 2.05) is 18.7 Å². The molecule has 114 valence electrons. The maximum atomic E-state index is 12.6. The Morgan fingerprint density at radius 1 is 1.10 bits per heavy atom. The number of piperidine rings is 1. The molecule has 1 amide bonds. The van der Waals surface area contributed by atoms with Crippen LogP contribution in [-0.2, 0) is 19.1 Å². The van der Waals surface area contributed by atoms with Crippen LogP contribution in [0.3, 0.4) is 0 Å². The van der Waals surface area contributed by atoms with Crippen LogP contribution in [0.2, 0.25) is 0 Å². The summed E-state index contributed by atoms with van der Waals surface area (Å²) in [5.41, 5.74) is 0. The quantitative estimate of drug-likeness (QED) is 0.720. The molecule has 0 aliphatic carbocycles. The molecular weight excluding hydrogens is 258 g/mol. The van der Waals surface area contributed by atoms with Gasteiger partial charge in [0.05, 0.1) is 31.2 Å². The zero-order valence-electron chi connectivity index (χ0n) is 12.8. The summed E-state index contributed by atoms with van der Waals surface area (Å²) in [4.78, 5) is 26.0. The Morgan fingerprint density at radius 2 is 1.70 bits per heavy atom. The zero-order valence-corrected chi connectivity index (χ0v) is 12.8. The Balaban J connectivity index is 1.93. The minimum Gasteiger partial charge on any atom is -0.469 e. The van der Waals surface area contributed by atoms with Crippen LogP contribution in [0.4, 0.5) is 0 Å². The second kappa shape index (κ2) is 6.12. The van der Waals surface area contributed by atoms with E-state index in [9.17, 15) is 9.59 Å². The summed E-state index contributed by atoms with van der Waals surface area (Å²) >= 11 is 0. The normalized spacial score (nSPS) is 35.1. The molecule has 2 aliphatic heterocycles. The second-order valence-corrected chi connectivity index (χ2v) is 6.05. The molecule has 5 heteroatoms. The van der Waals surface area contributed by atoms with Gasteiger partial charge in [0.15, 0.2) is 0 Å². The van der Waals surface area contributed by atoms with Crippen molar-refractivity contribution in [2.45, 2.75) is 45.8 Å². The van der Waals surface area contributed by atoms with Crippen LogP contribution in [0, 0.1) is 17.8 Å². The molecule has 5 nitrogen and oxygen atoms in total. The van der Waals surface area contributed by atoms with Crippen molar-refractivity contribution in [2.24, 2.45) is 17.8 Å². The van der Waals surface area contributed by atoms with Gasteiger partial charge in [0, 0.05) is 13.1 Å². The highest BCUT2D eigenvalue weighted by Crippen LogP contribution is 2.34. The first kappa shape index (κ1) is 15.3. The van der Waals surface area contributed by atoms with Crippen LogP contribution < -0.4 is 0 Å². The first-order chi connectivity index (χ1) is 9.45. The molecule has 0 aromatic carbocycles. The lowest BCUT2D eigenvalue weighted by atomic mass is 9.87. The molecule has 0 spiro atoms. The van der Waals surface area contributed by atoms with Gasteiger partial charge in [0.2, 0.25) is 5.91 Å². The Morgan fingerprint density at radius 3 is 2.15 bits per heavy atom. The Labute approximate surface area is 120 Å². The number of amides is 1. The van der Waals surface area contributed by atoms with E-state index >= 15 is 0 Å².